The largest absolute Gasteiger partial charge is 0.384 e. The average Bonchev–Trinajstić information content (AvgIpc) is 3.37. The Morgan fingerprint density at radius 1 is 1.10 bits per heavy atom. The second kappa shape index (κ2) is 7.82. The van der Waals surface area contributed by atoms with Crippen LogP contribution in [0.15, 0.2) is 35.6 Å². The number of aromatic nitrogens is 5. The maximum absolute atomic E-state index is 5.82. The second-order valence-corrected chi connectivity index (χ2v) is 7.85. The molecule has 0 aromatic carbocycles. The summed E-state index contributed by atoms with van der Waals surface area (Å²) in [7, 11) is 0. The summed E-state index contributed by atoms with van der Waals surface area (Å²) in [4.78, 5) is 18.1. The maximum atomic E-state index is 5.82. The van der Waals surface area contributed by atoms with Crippen LogP contribution in [0.1, 0.15) is 31.0 Å². The van der Waals surface area contributed by atoms with Crippen molar-refractivity contribution in [3.63, 3.8) is 0 Å². The molecule has 2 fully saturated rings. The number of anilines is 2. The Bertz CT molecular complexity index is 941. The lowest BCUT2D eigenvalue weighted by Gasteiger charge is -2.33. The van der Waals surface area contributed by atoms with Crippen LogP contribution in [0.5, 0.6) is 0 Å². The van der Waals surface area contributed by atoms with Crippen LogP contribution >= 0.6 is 0 Å². The molecule has 9 heteroatoms. The standard InChI is InChI=1S/C20H26N8O/c21-18-10-19(23-14-22-18)27-6-2-15(3-7-27)20-25-17(16-11-24-29-13-16)12-28(20)9-8-26-4-1-5-26/h10-15H,1-9H2,(H2,21,22,23). The van der Waals surface area contributed by atoms with Crippen molar-refractivity contribution < 1.29 is 4.52 Å². The number of hydrogen-bond acceptors (Lipinski definition) is 8. The zero-order valence-corrected chi connectivity index (χ0v) is 16.4. The summed E-state index contributed by atoms with van der Waals surface area (Å²) in [6.45, 7) is 6.33. The number of nitrogens with two attached hydrogens (primary N) is 1. The van der Waals surface area contributed by atoms with Gasteiger partial charge in [0.15, 0.2) is 0 Å². The topological polar surface area (TPSA) is 102 Å². The highest BCUT2D eigenvalue weighted by atomic mass is 16.5. The van der Waals surface area contributed by atoms with E-state index in [1.807, 2.05) is 6.07 Å². The van der Waals surface area contributed by atoms with Gasteiger partial charge in [0.25, 0.3) is 0 Å². The van der Waals surface area contributed by atoms with Crippen molar-refractivity contribution in [2.24, 2.45) is 0 Å². The van der Waals surface area contributed by atoms with Gasteiger partial charge in [-0.1, -0.05) is 5.16 Å². The molecule has 3 aromatic rings. The number of hydrogen-bond donors (Lipinski definition) is 1. The van der Waals surface area contributed by atoms with E-state index >= 15 is 0 Å². The predicted octanol–water partition coefficient (Wildman–Crippen LogP) is 2.00. The monoisotopic (exact) mass is 394 g/mol. The molecule has 2 saturated heterocycles. The Kier molecular flexibility index (Phi) is 4.89. The summed E-state index contributed by atoms with van der Waals surface area (Å²) in [6.07, 6.45) is 10.5. The predicted molar refractivity (Wildman–Crippen MR) is 109 cm³/mol. The van der Waals surface area contributed by atoms with Crippen LogP contribution in [-0.4, -0.2) is 62.3 Å². The van der Waals surface area contributed by atoms with Gasteiger partial charge in [0, 0.05) is 44.4 Å². The smallest absolute Gasteiger partial charge is 0.134 e. The summed E-state index contributed by atoms with van der Waals surface area (Å²) in [5.74, 6) is 3.01. The third-order valence-electron chi connectivity index (χ3n) is 6.00. The molecule has 2 aliphatic heterocycles. The number of nitrogens with zero attached hydrogens (tertiary/aromatic N) is 7. The zero-order valence-electron chi connectivity index (χ0n) is 16.4. The Morgan fingerprint density at radius 2 is 1.97 bits per heavy atom. The van der Waals surface area contributed by atoms with Crippen molar-refractivity contribution >= 4 is 11.6 Å². The molecule has 3 aromatic heterocycles. The molecule has 5 rings (SSSR count). The van der Waals surface area contributed by atoms with Crippen LogP contribution in [0, 0.1) is 0 Å². The molecule has 2 aliphatic rings. The first-order valence-electron chi connectivity index (χ1n) is 10.3. The summed E-state index contributed by atoms with van der Waals surface area (Å²) in [5.41, 5.74) is 7.69. The molecule has 0 bridgehead atoms. The fourth-order valence-corrected chi connectivity index (χ4v) is 4.16. The van der Waals surface area contributed by atoms with Crippen LogP contribution in [0.4, 0.5) is 11.6 Å². The van der Waals surface area contributed by atoms with E-state index in [4.69, 9.17) is 15.2 Å². The van der Waals surface area contributed by atoms with Gasteiger partial charge in [-0.2, -0.15) is 0 Å². The molecule has 0 radical (unpaired) electrons. The number of imidazole rings is 1. The van der Waals surface area contributed by atoms with E-state index in [9.17, 15) is 0 Å². The highest BCUT2D eigenvalue weighted by Crippen LogP contribution is 2.31. The summed E-state index contributed by atoms with van der Waals surface area (Å²) in [6, 6.07) is 1.85. The number of nitrogen functional groups attached to an aromatic ring is 1. The van der Waals surface area contributed by atoms with Crippen molar-refractivity contribution in [1.82, 2.24) is 29.6 Å². The van der Waals surface area contributed by atoms with E-state index in [-0.39, 0.29) is 0 Å². The van der Waals surface area contributed by atoms with Crippen molar-refractivity contribution in [2.75, 3.05) is 43.4 Å². The van der Waals surface area contributed by atoms with E-state index in [1.165, 1.54) is 31.7 Å². The maximum Gasteiger partial charge on any atom is 0.134 e. The third-order valence-corrected chi connectivity index (χ3v) is 6.00. The normalized spacial score (nSPS) is 18.1. The molecule has 0 unspecified atom stereocenters. The van der Waals surface area contributed by atoms with Crippen molar-refractivity contribution in [3.8, 4) is 11.3 Å². The first-order chi connectivity index (χ1) is 14.3. The average molecular weight is 394 g/mol. The van der Waals surface area contributed by atoms with Gasteiger partial charge < -0.3 is 24.6 Å². The minimum Gasteiger partial charge on any atom is -0.384 e. The highest BCUT2D eigenvalue weighted by molar-refractivity contribution is 5.55. The van der Waals surface area contributed by atoms with Crippen molar-refractivity contribution in [3.05, 3.63) is 36.9 Å². The molecule has 29 heavy (non-hydrogen) atoms. The van der Waals surface area contributed by atoms with E-state index in [0.29, 0.717) is 11.7 Å². The Hall–Kier alpha value is -2.94. The molecule has 0 amide bonds. The lowest BCUT2D eigenvalue weighted by Crippen LogP contribution is -2.39. The second-order valence-electron chi connectivity index (χ2n) is 7.85. The van der Waals surface area contributed by atoms with E-state index in [0.717, 1.165) is 56.1 Å². The molecule has 5 heterocycles. The van der Waals surface area contributed by atoms with Crippen LogP contribution in [0.2, 0.25) is 0 Å². The fraction of sp³-hybridized carbons (Fsp3) is 0.500. The minimum atomic E-state index is 0.426. The van der Waals surface area contributed by atoms with E-state index < -0.39 is 0 Å². The van der Waals surface area contributed by atoms with Gasteiger partial charge in [0.05, 0.1) is 17.5 Å². The third kappa shape index (κ3) is 3.82. The summed E-state index contributed by atoms with van der Waals surface area (Å²) >= 11 is 0. The van der Waals surface area contributed by atoms with Crippen molar-refractivity contribution in [2.45, 2.75) is 31.7 Å². The van der Waals surface area contributed by atoms with Gasteiger partial charge in [-0.25, -0.2) is 15.0 Å². The first-order valence-corrected chi connectivity index (χ1v) is 10.3. The van der Waals surface area contributed by atoms with Crippen LogP contribution in [0.3, 0.4) is 0 Å². The minimum absolute atomic E-state index is 0.426. The Labute approximate surface area is 169 Å². The van der Waals surface area contributed by atoms with Crippen LogP contribution in [-0.2, 0) is 6.54 Å². The lowest BCUT2D eigenvalue weighted by atomic mass is 9.96. The quantitative estimate of drug-likeness (QED) is 0.677. The fourth-order valence-electron chi connectivity index (χ4n) is 4.16. The molecule has 2 N–H and O–H groups in total. The Balaban J connectivity index is 1.32. The molecule has 0 aliphatic carbocycles. The van der Waals surface area contributed by atoms with Gasteiger partial charge in [-0.05, 0) is 32.4 Å². The lowest BCUT2D eigenvalue weighted by molar-refractivity contribution is 0.173. The zero-order chi connectivity index (χ0) is 19.6. The van der Waals surface area contributed by atoms with E-state index in [2.05, 4.69) is 35.7 Å². The van der Waals surface area contributed by atoms with Gasteiger partial charge in [-0.3, -0.25) is 0 Å². The molecule has 9 nitrogen and oxygen atoms in total. The Morgan fingerprint density at radius 3 is 2.66 bits per heavy atom. The number of likely N-dealkylation sites (tertiary alicyclic amines) is 1. The first kappa shape index (κ1) is 18.1. The molecule has 0 atom stereocenters. The van der Waals surface area contributed by atoms with Crippen LogP contribution < -0.4 is 10.6 Å². The molecule has 0 saturated carbocycles. The van der Waals surface area contributed by atoms with Gasteiger partial charge in [0.1, 0.15) is 30.1 Å². The molecule has 152 valence electrons. The van der Waals surface area contributed by atoms with E-state index in [1.54, 1.807) is 12.5 Å². The molecular formula is C20H26N8O. The molecule has 0 spiro atoms. The highest BCUT2D eigenvalue weighted by Gasteiger charge is 2.26. The van der Waals surface area contributed by atoms with Gasteiger partial charge in [0.2, 0.25) is 0 Å². The van der Waals surface area contributed by atoms with Crippen LogP contribution in [0.25, 0.3) is 11.3 Å². The summed E-state index contributed by atoms with van der Waals surface area (Å²) < 4.78 is 7.36. The number of piperidine rings is 1. The van der Waals surface area contributed by atoms with Crippen molar-refractivity contribution in [1.29, 1.82) is 0 Å². The van der Waals surface area contributed by atoms with Gasteiger partial charge in [-0.15, -0.1) is 0 Å². The number of rotatable bonds is 6. The SMILES string of the molecule is Nc1cc(N2CCC(c3nc(-c4cnoc4)cn3CCN3CCC3)CC2)ncn1. The molecular weight excluding hydrogens is 368 g/mol. The van der Waals surface area contributed by atoms with Gasteiger partial charge >= 0.3 is 0 Å². The summed E-state index contributed by atoms with van der Waals surface area (Å²) in [5, 5.41) is 3.84.